The summed E-state index contributed by atoms with van der Waals surface area (Å²) in [6.45, 7) is 0. The van der Waals surface area contributed by atoms with Crippen LogP contribution in [0.4, 0.5) is 0 Å². The van der Waals surface area contributed by atoms with Gasteiger partial charge in [0, 0.05) is 4.47 Å². The Morgan fingerprint density at radius 1 is 0.250 bits per heavy atom. The Morgan fingerprint density at radius 2 is 0.438 bits per heavy atom. The fourth-order valence-electron chi connectivity index (χ4n) is 5.61. The molecule has 0 atom stereocenters. The normalized spacial score (nSPS) is 11.0. The lowest BCUT2D eigenvalue weighted by Crippen LogP contribution is -2.57. The van der Waals surface area contributed by atoms with Gasteiger partial charge in [0.25, 0.3) is 0 Å². The van der Waals surface area contributed by atoms with Gasteiger partial charge in [-0.05, 0) is 22.3 Å². The molecule has 3 rings (SSSR count). The first-order valence-corrected chi connectivity index (χ1v) is 12.5. The number of hydrogen-bond acceptors (Lipinski definition) is 0. The fourth-order valence-corrected chi connectivity index (χ4v) is 6.21. The van der Waals surface area contributed by atoms with E-state index >= 15 is 0 Å². The number of rotatable bonds is 2. The van der Waals surface area contributed by atoms with Gasteiger partial charge in [-0.15, -0.1) is 21.9 Å². The monoisotopic (exact) mass is 464 g/mol. The van der Waals surface area contributed by atoms with Crippen LogP contribution >= 0.6 is 15.9 Å². The molecule has 0 nitrogen and oxygen atoms in total. The summed E-state index contributed by atoms with van der Waals surface area (Å²) in [7, 11) is 29.8. The first kappa shape index (κ1) is 25.6. The van der Waals surface area contributed by atoms with Crippen molar-refractivity contribution >= 4 is 189 Å². The zero-order valence-electron chi connectivity index (χ0n) is 22.4. The number of hydrogen-bond donors (Lipinski definition) is 0. The molecular formula is C18H26B13Br. The van der Waals surface area contributed by atoms with Crippen LogP contribution in [0.5, 0.6) is 0 Å². The summed E-state index contributed by atoms with van der Waals surface area (Å²) < 4.78 is 1.24. The van der Waals surface area contributed by atoms with E-state index in [2.05, 4.69) is 118 Å². The Bertz CT molecular complexity index is 1160. The van der Waals surface area contributed by atoms with Crippen LogP contribution in [0.2, 0.25) is 0 Å². The van der Waals surface area contributed by atoms with Gasteiger partial charge >= 0.3 is 0 Å². The first-order valence-electron chi connectivity index (χ1n) is 11.7. The minimum absolute atomic E-state index is 1.24. The third-order valence-electron chi connectivity index (χ3n) is 8.66. The molecule has 144 valence electrons. The second kappa shape index (κ2) is 8.97. The Balaban J connectivity index is 2.59. The molecule has 0 N–H and O–H groups in total. The molecule has 14 heteroatoms. The predicted molar refractivity (Wildman–Crippen MR) is 191 cm³/mol. The van der Waals surface area contributed by atoms with Gasteiger partial charge in [-0.1, -0.05) is 65.1 Å². The molecule has 3 aromatic rings. The molecule has 0 amide bonds. The van der Waals surface area contributed by atoms with Crippen molar-refractivity contribution < 1.29 is 0 Å². The van der Waals surface area contributed by atoms with Gasteiger partial charge in [-0.2, -0.15) is 0 Å². The van der Waals surface area contributed by atoms with Gasteiger partial charge in [-0.3, -0.25) is 0 Å². The van der Waals surface area contributed by atoms with Crippen LogP contribution in [-0.2, 0) is 0 Å². The van der Waals surface area contributed by atoms with Crippen molar-refractivity contribution in [3.05, 3.63) is 4.47 Å². The van der Waals surface area contributed by atoms with E-state index in [9.17, 15) is 0 Å². The minimum Gasteiger partial charge on any atom is -0.102 e. The summed E-state index contributed by atoms with van der Waals surface area (Å²) in [6.07, 6.45) is 0. The van der Waals surface area contributed by atoms with Gasteiger partial charge in [0.1, 0.15) is 102 Å². The van der Waals surface area contributed by atoms with Crippen LogP contribution in [0.1, 0.15) is 0 Å². The Morgan fingerprint density at radius 3 is 0.750 bits per heavy atom. The zero-order valence-corrected chi connectivity index (χ0v) is 24.0. The van der Waals surface area contributed by atoms with E-state index in [1.165, 1.54) is 97.7 Å². The lowest BCUT2D eigenvalue weighted by molar-refractivity contribution is 1.81. The Labute approximate surface area is 214 Å². The maximum atomic E-state index is 3.84. The highest BCUT2D eigenvalue weighted by atomic mass is 79.9. The summed E-state index contributed by atoms with van der Waals surface area (Å²) in [4.78, 5) is 0. The summed E-state index contributed by atoms with van der Waals surface area (Å²) >= 11 is 3.84. The summed E-state index contributed by atoms with van der Waals surface area (Å²) in [6, 6.07) is 0. The second-order valence-electron chi connectivity index (χ2n) is 9.94. The summed E-state index contributed by atoms with van der Waals surface area (Å²) in [5.74, 6) is 0. The SMILES string of the molecule is Bc1c(B)c(B)c(-c2c(B)c(B)c(B)c(-c3c(B)c(B)c(Br)c(B)c3B)c2B)c(B)c1B. The first-order chi connectivity index (χ1) is 14.7. The molecule has 0 saturated carbocycles. The molecule has 0 radical (unpaired) electrons. The quantitative estimate of drug-likeness (QED) is 0.332. The Kier molecular flexibility index (Phi) is 7.18. The van der Waals surface area contributed by atoms with Gasteiger partial charge in [0.05, 0.1) is 0 Å². The standard InChI is InChI=1S/C18H26B13Br/c19-5-1(3-8(22)13(27)15(29)14(28)9(3)23)6(20)12(26)7(21)2(5)4-10(24)16(30)18(32)17(31)11(4)25/h19-31H2. The summed E-state index contributed by atoms with van der Waals surface area (Å²) in [5.41, 5.74) is 23.9. The molecule has 0 aromatic heterocycles. The fraction of sp³-hybridized carbons (Fsp3) is 0. The van der Waals surface area contributed by atoms with Gasteiger partial charge in [-0.25, -0.2) is 0 Å². The molecule has 0 aliphatic carbocycles. The van der Waals surface area contributed by atoms with E-state index in [0.29, 0.717) is 0 Å². The second-order valence-corrected chi connectivity index (χ2v) is 10.7. The third kappa shape index (κ3) is 3.64. The highest BCUT2D eigenvalue weighted by Gasteiger charge is 2.23. The number of halogens is 1. The van der Waals surface area contributed by atoms with Crippen molar-refractivity contribution in [2.24, 2.45) is 0 Å². The lowest BCUT2D eigenvalue weighted by Gasteiger charge is -2.29. The van der Waals surface area contributed by atoms with E-state index in [1.807, 2.05) is 0 Å². The Hall–Kier alpha value is -1.02. The van der Waals surface area contributed by atoms with Crippen molar-refractivity contribution in [1.29, 1.82) is 0 Å². The van der Waals surface area contributed by atoms with E-state index in [4.69, 9.17) is 0 Å². The van der Waals surface area contributed by atoms with Crippen LogP contribution in [0.3, 0.4) is 0 Å². The van der Waals surface area contributed by atoms with Crippen LogP contribution < -0.4 is 71.0 Å². The van der Waals surface area contributed by atoms with Crippen LogP contribution in [0.25, 0.3) is 22.3 Å². The van der Waals surface area contributed by atoms with E-state index < -0.39 is 0 Å². The molecule has 0 bridgehead atoms. The van der Waals surface area contributed by atoms with Gasteiger partial charge < -0.3 is 0 Å². The maximum absolute atomic E-state index is 3.84. The molecular weight excluding hydrogens is 437 g/mol. The minimum atomic E-state index is 1.24. The van der Waals surface area contributed by atoms with E-state index in [-0.39, 0.29) is 0 Å². The summed E-state index contributed by atoms with van der Waals surface area (Å²) in [5, 5.41) is 0. The van der Waals surface area contributed by atoms with Gasteiger partial charge in [0.15, 0.2) is 0 Å². The topological polar surface area (TPSA) is 0 Å². The molecule has 0 unspecified atom stereocenters. The molecule has 0 heterocycles. The van der Waals surface area contributed by atoms with Crippen molar-refractivity contribution in [2.75, 3.05) is 0 Å². The van der Waals surface area contributed by atoms with Crippen molar-refractivity contribution in [3.63, 3.8) is 0 Å². The van der Waals surface area contributed by atoms with Crippen molar-refractivity contribution in [2.45, 2.75) is 0 Å². The lowest BCUT2D eigenvalue weighted by atomic mass is 9.55. The highest BCUT2D eigenvalue weighted by Crippen LogP contribution is 2.16. The average Bonchev–Trinajstić information content (AvgIpc) is 2.76. The molecule has 0 aliphatic heterocycles. The zero-order chi connectivity index (χ0) is 24.4. The molecule has 0 aliphatic rings. The number of benzene rings is 3. The van der Waals surface area contributed by atoms with Crippen molar-refractivity contribution in [3.8, 4) is 22.3 Å². The molecule has 3 aromatic carbocycles. The van der Waals surface area contributed by atoms with Crippen LogP contribution in [0.15, 0.2) is 4.47 Å². The highest BCUT2D eigenvalue weighted by molar-refractivity contribution is 9.10. The largest absolute Gasteiger partial charge is 0.140 e. The van der Waals surface area contributed by atoms with E-state index in [0.717, 1.165) is 0 Å². The third-order valence-corrected chi connectivity index (χ3v) is 9.85. The molecule has 0 spiro atoms. The van der Waals surface area contributed by atoms with Gasteiger partial charge in [0.2, 0.25) is 0 Å². The predicted octanol–water partition coefficient (Wildman–Crippen LogP) is -16.9. The molecule has 0 fully saturated rings. The van der Waals surface area contributed by atoms with Crippen LogP contribution in [-0.4, -0.2) is 102 Å². The van der Waals surface area contributed by atoms with Crippen molar-refractivity contribution in [1.82, 2.24) is 0 Å². The van der Waals surface area contributed by atoms with Crippen LogP contribution in [0, 0.1) is 0 Å². The smallest absolute Gasteiger partial charge is 0.102 e. The molecule has 0 saturated heterocycles. The maximum Gasteiger partial charge on any atom is 0.140 e. The average molecular weight is 463 g/mol. The molecule has 32 heavy (non-hydrogen) atoms. The van der Waals surface area contributed by atoms with E-state index in [1.54, 1.807) is 0 Å².